The molecule has 2 aliphatic rings. The summed E-state index contributed by atoms with van der Waals surface area (Å²) >= 11 is 0. The largest absolute Gasteiger partial charge is 0.490 e. The van der Waals surface area contributed by atoms with Crippen molar-refractivity contribution in [1.29, 1.82) is 0 Å². The van der Waals surface area contributed by atoms with Gasteiger partial charge in [0.15, 0.2) is 11.6 Å². The van der Waals surface area contributed by atoms with Crippen molar-refractivity contribution in [1.82, 2.24) is 14.9 Å². The fraction of sp³-hybridized carbons (Fsp3) is 0.324. The van der Waals surface area contributed by atoms with Gasteiger partial charge in [-0.3, -0.25) is 14.6 Å². The number of carboxylic acids is 1. The maximum Gasteiger partial charge on any atom is 0.307 e. The molecule has 1 saturated heterocycles. The molecule has 2 aliphatic heterocycles. The zero-order chi connectivity index (χ0) is 31.4. The number of halogens is 1. The molecular formula is C37H36FN3O4. The number of pyridine rings is 1. The van der Waals surface area contributed by atoms with Crippen molar-refractivity contribution in [2.24, 2.45) is 0 Å². The molecule has 2 aromatic heterocycles. The van der Waals surface area contributed by atoms with Crippen molar-refractivity contribution < 1.29 is 23.8 Å². The summed E-state index contributed by atoms with van der Waals surface area (Å²) in [5, 5.41) is 11.8. The van der Waals surface area contributed by atoms with E-state index in [4.69, 9.17) is 9.72 Å². The first-order valence-corrected chi connectivity index (χ1v) is 15.7. The Morgan fingerprint density at radius 3 is 2.64 bits per heavy atom. The number of aryl methyl sites for hydroxylation is 2. The number of ether oxygens (including phenoxy) is 1. The van der Waals surface area contributed by atoms with Crippen molar-refractivity contribution in [2.75, 3.05) is 19.7 Å². The Kier molecular flexibility index (Phi) is 7.30. The number of fused-ring (bicyclic) bond motifs is 3. The standard InChI is InChI=1S/C37H36FN3O4/c1-20-15-33-29(16-26(20)37(44)41-12-10-23(11-13-41)30-19-39-32-9-5-4-7-25(30)32)35(28(18-34(42)43)22(3)40-33)27-17-31(38)36-24(21(27)2)8-6-14-45-36/h4-5,7,9,15-17,19,23,39H,6,8,10-14,18H2,1-3H3,(H,42,43). The Hall–Kier alpha value is -4.72. The summed E-state index contributed by atoms with van der Waals surface area (Å²) in [6.45, 7) is 7.38. The van der Waals surface area contributed by atoms with E-state index >= 15 is 4.39 Å². The maximum absolute atomic E-state index is 15.5. The van der Waals surface area contributed by atoms with E-state index < -0.39 is 11.8 Å². The van der Waals surface area contributed by atoms with E-state index in [1.807, 2.05) is 36.9 Å². The van der Waals surface area contributed by atoms with E-state index in [0.29, 0.717) is 70.9 Å². The van der Waals surface area contributed by atoms with Gasteiger partial charge in [0.2, 0.25) is 0 Å². The van der Waals surface area contributed by atoms with Crippen LogP contribution in [0.3, 0.4) is 0 Å². The fourth-order valence-corrected chi connectivity index (χ4v) is 7.40. The second-order valence-electron chi connectivity index (χ2n) is 12.5. The number of amides is 1. The summed E-state index contributed by atoms with van der Waals surface area (Å²) in [5.41, 5.74) is 8.44. The minimum absolute atomic E-state index is 0.0557. The highest BCUT2D eigenvalue weighted by atomic mass is 19.1. The average Bonchev–Trinajstić information content (AvgIpc) is 3.47. The van der Waals surface area contributed by atoms with Crippen LogP contribution in [-0.4, -0.2) is 51.5 Å². The van der Waals surface area contributed by atoms with Gasteiger partial charge < -0.3 is 19.7 Å². The first-order valence-electron chi connectivity index (χ1n) is 15.7. The van der Waals surface area contributed by atoms with Crippen LogP contribution >= 0.6 is 0 Å². The fourth-order valence-electron chi connectivity index (χ4n) is 7.40. The van der Waals surface area contributed by atoms with Crippen LogP contribution in [0.25, 0.3) is 32.9 Å². The number of carbonyl (C=O) groups excluding carboxylic acids is 1. The minimum atomic E-state index is -0.999. The van der Waals surface area contributed by atoms with Crippen LogP contribution in [0, 0.1) is 26.6 Å². The van der Waals surface area contributed by atoms with Crippen molar-refractivity contribution in [3.05, 3.63) is 93.6 Å². The molecule has 0 unspecified atom stereocenters. The van der Waals surface area contributed by atoms with Crippen LogP contribution in [0.5, 0.6) is 5.75 Å². The van der Waals surface area contributed by atoms with Gasteiger partial charge in [-0.25, -0.2) is 4.39 Å². The van der Waals surface area contributed by atoms with Crippen LogP contribution < -0.4 is 4.74 Å². The average molecular weight is 606 g/mol. The number of carboxylic acid groups (broad SMARTS) is 1. The zero-order valence-corrected chi connectivity index (χ0v) is 25.8. The van der Waals surface area contributed by atoms with Crippen molar-refractivity contribution >= 4 is 33.7 Å². The molecule has 0 bridgehead atoms. The van der Waals surface area contributed by atoms with Crippen molar-refractivity contribution in [2.45, 2.75) is 58.8 Å². The Balaban J connectivity index is 1.29. The second kappa shape index (κ2) is 11.3. The number of H-pyrrole nitrogens is 1. The number of carbonyl (C=O) groups is 2. The highest BCUT2D eigenvalue weighted by Gasteiger charge is 2.29. The number of benzene rings is 3. The monoisotopic (exact) mass is 605 g/mol. The number of nitrogens with zero attached hydrogens (tertiary/aromatic N) is 2. The number of nitrogens with one attached hydrogen (secondary N) is 1. The Morgan fingerprint density at radius 2 is 1.87 bits per heavy atom. The first-order chi connectivity index (χ1) is 21.7. The third-order valence-corrected chi connectivity index (χ3v) is 9.75. The lowest BCUT2D eigenvalue weighted by Crippen LogP contribution is -2.38. The molecule has 230 valence electrons. The molecule has 5 aromatic rings. The van der Waals surface area contributed by atoms with Gasteiger partial charge in [-0.15, -0.1) is 0 Å². The van der Waals surface area contributed by atoms with Crippen molar-refractivity contribution in [3.63, 3.8) is 0 Å². The van der Waals surface area contributed by atoms with E-state index in [0.717, 1.165) is 41.5 Å². The molecular weight excluding hydrogens is 569 g/mol. The van der Waals surface area contributed by atoms with Gasteiger partial charge in [0.05, 0.1) is 18.5 Å². The molecule has 0 aliphatic carbocycles. The van der Waals surface area contributed by atoms with Gasteiger partial charge in [0, 0.05) is 52.4 Å². The van der Waals surface area contributed by atoms with Crippen LogP contribution in [0.4, 0.5) is 4.39 Å². The molecule has 0 saturated carbocycles. The summed E-state index contributed by atoms with van der Waals surface area (Å²) in [4.78, 5) is 36.2. The number of rotatable bonds is 5. The van der Waals surface area contributed by atoms with E-state index in [-0.39, 0.29) is 18.1 Å². The van der Waals surface area contributed by atoms with E-state index in [9.17, 15) is 14.7 Å². The molecule has 8 heteroatoms. The van der Waals surface area contributed by atoms with Crippen LogP contribution in [-0.2, 0) is 17.6 Å². The Morgan fingerprint density at radius 1 is 1.09 bits per heavy atom. The molecule has 0 radical (unpaired) electrons. The van der Waals surface area contributed by atoms with Crippen LogP contribution in [0.1, 0.15) is 69.0 Å². The highest BCUT2D eigenvalue weighted by Crippen LogP contribution is 2.42. The molecule has 3 aromatic carbocycles. The molecule has 1 amide bonds. The Bertz CT molecular complexity index is 2010. The number of hydrogen-bond acceptors (Lipinski definition) is 4. The summed E-state index contributed by atoms with van der Waals surface area (Å²) < 4.78 is 21.2. The molecule has 2 N–H and O–H groups in total. The number of aromatic amines is 1. The number of piperidine rings is 1. The molecule has 7 rings (SSSR count). The summed E-state index contributed by atoms with van der Waals surface area (Å²) in [5.74, 6) is -0.872. The number of likely N-dealkylation sites (tertiary alicyclic amines) is 1. The third kappa shape index (κ3) is 5.02. The predicted molar refractivity (Wildman–Crippen MR) is 173 cm³/mol. The smallest absolute Gasteiger partial charge is 0.307 e. The van der Waals surface area contributed by atoms with E-state index in [1.165, 1.54) is 17.0 Å². The normalized spacial score (nSPS) is 15.3. The quantitative estimate of drug-likeness (QED) is 0.217. The van der Waals surface area contributed by atoms with Gasteiger partial charge in [-0.1, -0.05) is 18.2 Å². The lowest BCUT2D eigenvalue weighted by Gasteiger charge is -2.32. The number of hydrogen-bond donors (Lipinski definition) is 2. The van der Waals surface area contributed by atoms with E-state index in [1.54, 1.807) is 6.92 Å². The highest BCUT2D eigenvalue weighted by molar-refractivity contribution is 6.05. The number of aliphatic carboxylic acids is 1. The minimum Gasteiger partial charge on any atom is -0.490 e. The zero-order valence-electron chi connectivity index (χ0n) is 25.8. The third-order valence-electron chi connectivity index (χ3n) is 9.75. The molecule has 0 spiro atoms. The number of aromatic nitrogens is 2. The van der Waals surface area contributed by atoms with Gasteiger partial charge in [0.1, 0.15) is 0 Å². The SMILES string of the molecule is Cc1cc2nc(C)c(CC(=O)O)c(-c3cc(F)c4c(c3C)CCCO4)c2cc1C(=O)N1CCC(c2c[nH]c3ccccc23)CC1. The molecule has 7 nitrogen and oxygen atoms in total. The molecule has 4 heterocycles. The van der Waals surface area contributed by atoms with Gasteiger partial charge in [-0.05, 0) is 110 Å². The topological polar surface area (TPSA) is 95.5 Å². The maximum atomic E-state index is 15.5. The molecule has 1 fully saturated rings. The first kappa shape index (κ1) is 29.0. The van der Waals surface area contributed by atoms with Crippen molar-refractivity contribution in [3.8, 4) is 16.9 Å². The van der Waals surface area contributed by atoms with Gasteiger partial charge >= 0.3 is 5.97 Å². The molecule has 0 atom stereocenters. The van der Waals surface area contributed by atoms with Gasteiger partial charge in [0.25, 0.3) is 5.91 Å². The summed E-state index contributed by atoms with van der Waals surface area (Å²) in [6.07, 6.45) is 5.03. The van der Waals surface area contributed by atoms with Gasteiger partial charge in [-0.2, -0.15) is 0 Å². The van der Waals surface area contributed by atoms with Crippen LogP contribution in [0.2, 0.25) is 0 Å². The van der Waals surface area contributed by atoms with Crippen LogP contribution in [0.15, 0.2) is 48.7 Å². The number of para-hydroxylation sites is 1. The Labute approximate surface area is 261 Å². The van der Waals surface area contributed by atoms with E-state index in [2.05, 4.69) is 29.4 Å². The second-order valence-corrected chi connectivity index (χ2v) is 12.5. The lowest BCUT2D eigenvalue weighted by molar-refractivity contribution is -0.136. The summed E-state index contributed by atoms with van der Waals surface area (Å²) in [7, 11) is 0. The summed E-state index contributed by atoms with van der Waals surface area (Å²) in [6, 6.07) is 13.5. The molecule has 45 heavy (non-hydrogen) atoms. The predicted octanol–water partition coefficient (Wildman–Crippen LogP) is 7.42. The lowest BCUT2D eigenvalue weighted by atomic mass is 9.85.